The van der Waals surface area contributed by atoms with Crippen LogP contribution >= 0.6 is 0 Å². The summed E-state index contributed by atoms with van der Waals surface area (Å²) in [5.41, 5.74) is -0.528. The van der Waals surface area contributed by atoms with Gasteiger partial charge in [-0.3, -0.25) is 14.8 Å². The molecule has 0 saturated heterocycles. The quantitative estimate of drug-likeness (QED) is 0.640. The van der Waals surface area contributed by atoms with Crippen molar-refractivity contribution in [2.24, 2.45) is 13.0 Å². The number of aliphatic hydroxyl groups is 1. The lowest BCUT2D eigenvalue weighted by molar-refractivity contribution is -0.384. The Bertz CT molecular complexity index is 464. The zero-order chi connectivity index (χ0) is 14.0. The number of aryl methyl sites for hydroxylation is 1. The molecule has 0 bridgehead atoms. The van der Waals surface area contributed by atoms with E-state index in [9.17, 15) is 15.2 Å². The third-order valence-corrected chi connectivity index (χ3v) is 3.92. The molecular weight excluding hydrogens is 248 g/mol. The first-order chi connectivity index (χ1) is 8.96. The number of hydrogen-bond acceptors (Lipinski definition) is 5. The van der Waals surface area contributed by atoms with Crippen molar-refractivity contribution in [1.29, 1.82) is 0 Å². The van der Waals surface area contributed by atoms with Gasteiger partial charge >= 0.3 is 5.69 Å². The molecule has 1 aromatic rings. The number of nitrogens with zero attached hydrogens (tertiary/aromatic N) is 3. The van der Waals surface area contributed by atoms with Crippen LogP contribution in [0.25, 0.3) is 0 Å². The summed E-state index contributed by atoms with van der Waals surface area (Å²) >= 11 is 0. The van der Waals surface area contributed by atoms with E-state index in [1.165, 1.54) is 10.9 Å². The Morgan fingerprint density at radius 3 is 2.79 bits per heavy atom. The standard InChI is InChI=1S/C12H20N4O3/c1-9-3-5-12(8-17,6-4-9)13-11-10(16(18)19)7-15(2)14-11/h7,9,17H,3-6,8H2,1-2H3,(H,13,14). The van der Waals surface area contributed by atoms with E-state index in [-0.39, 0.29) is 18.1 Å². The Kier molecular flexibility index (Phi) is 3.75. The lowest BCUT2D eigenvalue weighted by Gasteiger charge is -2.38. The highest BCUT2D eigenvalue weighted by atomic mass is 16.6. The molecule has 7 nitrogen and oxygen atoms in total. The van der Waals surface area contributed by atoms with Crippen molar-refractivity contribution in [3.8, 4) is 0 Å². The Morgan fingerprint density at radius 2 is 2.26 bits per heavy atom. The highest BCUT2D eigenvalue weighted by Gasteiger charge is 2.36. The fourth-order valence-corrected chi connectivity index (χ4v) is 2.59. The number of nitrogens with one attached hydrogen (secondary N) is 1. The van der Waals surface area contributed by atoms with Gasteiger partial charge in [0.2, 0.25) is 5.82 Å². The minimum absolute atomic E-state index is 0.0343. The van der Waals surface area contributed by atoms with Gasteiger partial charge in [0, 0.05) is 7.05 Å². The summed E-state index contributed by atoms with van der Waals surface area (Å²) in [5.74, 6) is 0.885. The highest BCUT2D eigenvalue weighted by Crippen LogP contribution is 2.36. The summed E-state index contributed by atoms with van der Waals surface area (Å²) in [6, 6.07) is 0. The molecule has 1 heterocycles. The monoisotopic (exact) mass is 268 g/mol. The van der Waals surface area contributed by atoms with Crippen LogP contribution in [0.4, 0.5) is 11.5 Å². The molecule has 1 aromatic heterocycles. The third kappa shape index (κ3) is 2.86. The molecule has 0 atom stereocenters. The molecular formula is C12H20N4O3. The Morgan fingerprint density at radius 1 is 1.63 bits per heavy atom. The summed E-state index contributed by atoms with van der Waals surface area (Å²) in [6.07, 6.45) is 5.00. The molecule has 0 amide bonds. The van der Waals surface area contributed by atoms with Crippen LogP contribution in [-0.2, 0) is 7.05 Å². The van der Waals surface area contributed by atoms with Crippen molar-refractivity contribution >= 4 is 11.5 Å². The molecule has 0 radical (unpaired) electrons. The van der Waals surface area contributed by atoms with Gasteiger partial charge < -0.3 is 10.4 Å². The number of hydrogen-bond donors (Lipinski definition) is 2. The van der Waals surface area contributed by atoms with Crippen LogP contribution in [-0.4, -0.2) is 32.0 Å². The minimum atomic E-state index is -0.481. The predicted octanol–water partition coefficient (Wildman–Crippen LogP) is 1.68. The molecule has 1 aliphatic carbocycles. The summed E-state index contributed by atoms with van der Waals surface area (Å²) in [7, 11) is 1.65. The second-order valence-corrected chi connectivity index (χ2v) is 5.54. The second kappa shape index (κ2) is 5.16. The first-order valence-corrected chi connectivity index (χ1v) is 6.53. The number of nitro groups is 1. The van der Waals surface area contributed by atoms with Gasteiger partial charge in [0.05, 0.1) is 17.1 Å². The smallest absolute Gasteiger partial charge is 0.330 e. The van der Waals surface area contributed by atoms with Crippen LogP contribution < -0.4 is 5.32 Å². The van der Waals surface area contributed by atoms with Crippen molar-refractivity contribution in [2.45, 2.75) is 38.1 Å². The maximum atomic E-state index is 11.0. The first-order valence-electron chi connectivity index (χ1n) is 6.53. The van der Waals surface area contributed by atoms with E-state index in [0.29, 0.717) is 5.92 Å². The van der Waals surface area contributed by atoms with E-state index >= 15 is 0 Å². The van der Waals surface area contributed by atoms with E-state index in [1.54, 1.807) is 7.05 Å². The number of aliphatic hydroxyl groups excluding tert-OH is 1. The maximum Gasteiger partial charge on any atom is 0.330 e. The van der Waals surface area contributed by atoms with E-state index in [2.05, 4.69) is 17.3 Å². The van der Waals surface area contributed by atoms with Gasteiger partial charge in [-0.1, -0.05) is 6.92 Å². The average Bonchev–Trinajstić information content (AvgIpc) is 2.73. The van der Waals surface area contributed by atoms with Crippen molar-refractivity contribution in [2.75, 3.05) is 11.9 Å². The second-order valence-electron chi connectivity index (χ2n) is 5.54. The molecule has 0 aliphatic heterocycles. The van der Waals surface area contributed by atoms with Crippen LogP contribution in [0.3, 0.4) is 0 Å². The van der Waals surface area contributed by atoms with Crippen LogP contribution in [0.5, 0.6) is 0 Å². The lowest BCUT2D eigenvalue weighted by atomic mass is 9.77. The van der Waals surface area contributed by atoms with Crippen molar-refractivity contribution in [1.82, 2.24) is 9.78 Å². The normalized spacial score (nSPS) is 27.2. The van der Waals surface area contributed by atoms with Gasteiger partial charge in [0.1, 0.15) is 6.20 Å². The van der Waals surface area contributed by atoms with Crippen molar-refractivity contribution < 1.29 is 10.0 Å². The van der Waals surface area contributed by atoms with Crippen molar-refractivity contribution in [3.63, 3.8) is 0 Å². The molecule has 0 unspecified atom stereocenters. The Balaban J connectivity index is 2.21. The maximum absolute atomic E-state index is 11.0. The molecule has 1 saturated carbocycles. The number of rotatable bonds is 4. The molecule has 2 rings (SSSR count). The molecule has 106 valence electrons. The summed E-state index contributed by atoms with van der Waals surface area (Å²) in [6.45, 7) is 2.15. The summed E-state index contributed by atoms with van der Waals surface area (Å²) in [5, 5.41) is 27.8. The van der Waals surface area contributed by atoms with Crippen LogP contribution in [0.2, 0.25) is 0 Å². The van der Waals surface area contributed by atoms with Gasteiger partial charge in [-0.15, -0.1) is 5.10 Å². The van der Waals surface area contributed by atoms with E-state index in [4.69, 9.17) is 0 Å². The topological polar surface area (TPSA) is 93.2 Å². The number of anilines is 1. The molecule has 2 N–H and O–H groups in total. The minimum Gasteiger partial charge on any atom is -0.394 e. The molecule has 1 aliphatic rings. The van der Waals surface area contributed by atoms with Crippen molar-refractivity contribution in [3.05, 3.63) is 16.3 Å². The molecule has 7 heteroatoms. The van der Waals surface area contributed by atoms with E-state index in [0.717, 1.165) is 25.7 Å². The largest absolute Gasteiger partial charge is 0.394 e. The third-order valence-electron chi connectivity index (χ3n) is 3.92. The number of aromatic nitrogens is 2. The van der Waals surface area contributed by atoms with Crippen LogP contribution in [0.1, 0.15) is 32.6 Å². The molecule has 0 spiro atoms. The zero-order valence-electron chi connectivity index (χ0n) is 11.3. The van der Waals surface area contributed by atoms with Crippen LogP contribution in [0, 0.1) is 16.0 Å². The molecule has 1 fully saturated rings. The lowest BCUT2D eigenvalue weighted by Crippen LogP contribution is -2.45. The van der Waals surface area contributed by atoms with Gasteiger partial charge in [-0.2, -0.15) is 0 Å². The summed E-state index contributed by atoms with van der Waals surface area (Å²) < 4.78 is 1.41. The average molecular weight is 268 g/mol. The van der Waals surface area contributed by atoms with Gasteiger partial charge in [0.15, 0.2) is 0 Å². The van der Waals surface area contributed by atoms with Gasteiger partial charge in [0.25, 0.3) is 0 Å². The Hall–Kier alpha value is -1.63. The SMILES string of the molecule is CC1CCC(CO)(Nc2nn(C)cc2[N+](=O)[O-])CC1. The van der Waals surface area contributed by atoms with E-state index < -0.39 is 10.5 Å². The first kappa shape index (κ1) is 13.8. The molecule has 19 heavy (non-hydrogen) atoms. The fraction of sp³-hybridized carbons (Fsp3) is 0.750. The van der Waals surface area contributed by atoms with Gasteiger partial charge in [-0.25, -0.2) is 0 Å². The summed E-state index contributed by atoms with van der Waals surface area (Å²) in [4.78, 5) is 10.5. The van der Waals surface area contributed by atoms with Gasteiger partial charge in [-0.05, 0) is 31.6 Å². The Labute approximate surface area is 111 Å². The highest BCUT2D eigenvalue weighted by molar-refractivity contribution is 5.56. The van der Waals surface area contributed by atoms with E-state index in [1.807, 2.05) is 0 Å². The molecule has 0 aromatic carbocycles. The zero-order valence-corrected chi connectivity index (χ0v) is 11.3. The fourth-order valence-electron chi connectivity index (χ4n) is 2.59. The van der Waals surface area contributed by atoms with Crippen LogP contribution in [0.15, 0.2) is 6.20 Å². The predicted molar refractivity (Wildman–Crippen MR) is 70.9 cm³/mol.